The van der Waals surface area contributed by atoms with Gasteiger partial charge in [0, 0.05) is 32.3 Å². The maximum atomic E-state index is 2.54. The van der Waals surface area contributed by atoms with Crippen molar-refractivity contribution in [2.45, 2.75) is 132 Å². The maximum absolute atomic E-state index is 2.54. The first-order valence-electron chi connectivity index (χ1n) is 34.6. The predicted octanol–water partition coefficient (Wildman–Crippen LogP) is 26.6. The van der Waals surface area contributed by atoms with Crippen LogP contribution in [0.15, 0.2) is 243 Å². The zero-order valence-corrected chi connectivity index (χ0v) is 59.0. The molecule has 0 fully saturated rings. The summed E-state index contributed by atoms with van der Waals surface area (Å²) in [5, 5.41) is 9.93. The van der Waals surface area contributed by atoms with Crippen molar-refractivity contribution in [2.24, 2.45) is 0 Å². The number of fused-ring (bicyclic) bond motifs is 8. The number of aromatic nitrogens is 2. The number of hydrogen-bond acceptors (Lipinski definition) is 0. The molecule has 0 atom stereocenters. The van der Waals surface area contributed by atoms with Gasteiger partial charge in [-0.1, -0.05) is 253 Å². The van der Waals surface area contributed by atoms with Gasteiger partial charge in [-0.15, -0.1) is 0 Å². The number of hydrogen-bond donors (Lipinski definition) is 0. The molecule has 2 heterocycles. The van der Waals surface area contributed by atoms with Gasteiger partial charge in [0.05, 0.1) is 33.4 Å². The summed E-state index contributed by atoms with van der Waals surface area (Å²) in [5.74, 6) is 0. The van der Waals surface area contributed by atoms with E-state index in [-0.39, 0.29) is 21.7 Å². The van der Waals surface area contributed by atoms with Crippen LogP contribution in [0.5, 0.6) is 0 Å². The summed E-state index contributed by atoms with van der Waals surface area (Å²) in [6, 6.07) is 93.9. The summed E-state index contributed by atoms with van der Waals surface area (Å²) in [6.45, 7) is 36.8. The lowest BCUT2D eigenvalue weighted by molar-refractivity contribution is 0.590. The molecule has 0 aliphatic heterocycles. The second-order valence-corrected chi connectivity index (χ2v) is 31.6. The number of rotatable bonds is 8. The Balaban J connectivity index is 1.01. The van der Waals surface area contributed by atoms with E-state index in [1.54, 1.807) is 0 Å². The molecular formula is C94H88N2. The molecule has 0 aliphatic rings. The van der Waals surface area contributed by atoms with Crippen LogP contribution >= 0.6 is 0 Å². The van der Waals surface area contributed by atoms with Crippen molar-refractivity contribution in [1.29, 1.82) is 0 Å². The fourth-order valence-corrected chi connectivity index (χ4v) is 15.6. The molecule has 15 aromatic rings. The Labute approximate surface area is 568 Å². The molecule has 2 nitrogen and oxygen atoms in total. The average Bonchev–Trinajstić information content (AvgIpc) is 1.53. The first-order valence-corrected chi connectivity index (χ1v) is 34.6. The zero-order valence-electron chi connectivity index (χ0n) is 59.0. The van der Waals surface area contributed by atoms with E-state index in [0.717, 1.165) is 11.1 Å². The molecule has 0 N–H and O–H groups in total. The first kappa shape index (κ1) is 62.1. The fourth-order valence-electron chi connectivity index (χ4n) is 15.6. The van der Waals surface area contributed by atoms with Crippen LogP contribution in [-0.2, 0) is 21.7 Å². The second-order valence-electron chi connectivity index (χ2n) is 31.6. The summed E-state index contributed by atoms with van der Waals surface area (Å²) in [4.78, 5) is 0. The lowest BCUT2D eigenvalue weighted by Crippen LogP contribution is -2.10. The van der Waals surface area contributed by atoms with E-state index in [1.165, 1.54) is 177 Å². The molecule has 15 rings (SSSR count). The molecular weight excluding hydrogens is 1160 g/mol. The van der Waals surface area contributed by atoms with Crippen LogP contribution in [0.25, 0.3) is 143 Å². The summed E-state index contributed by atoms with van der Waals surface area (Å²) < 4.78 is 5.07. The fraction of sp³-hybridized carbons (Fsp3) is 0.213. The lowest BCUT2D eigenvalue weighted by atomic mass is 9.82. The number of aryl methyl sites for hydroxylation is 4. The van der Waals surface area contributed by atoms with Crippen LogP contribution in [0.1, 0.15) is 128 Å². The van der Waals surface area contributed by atoms with E-state index < -0.39 is 0 Å². The van der Waals surface area contributed by atoms with Crippen LogP contribution in [0.3, 0.4) is 0 Å². The van der Waals surface area contributed by atoms with E-state index in [2.05, 4.69) is 363 Å². The topological polar surface area (TPSA) is 9.86 Å². The Bertz CT molecular complexity index is 5100. The largest absolute Gasteiger partial charge is 0.309 e. The molecule has 0 spiro atoms. The van der Waals surface area contributed by atoms with Crippen LogP contribution < -0.4 is 0 Å². The molecule has 96 heavy (non-hydrogen) atoms. The predicted molar refractivity (Wildman–Crippen MR) is 416 cm³/mol. The van der Waals surface area contributed by atoms with Crippen molar-refractivity contribution < 1.29 is 0 Å². The first-order chi connectivity index (χ1) is 45.8. The van der Waals surface area contributed by atoms with Gasteiger partial charge in [-0.3, -0.25) is 0 Å². The highest BCUT2D eigenvalue weighted by Crippen LogP contribution is 2.50. The van der Waals surface area contributed by atoms with Crippen molar-refractivity contribution in [1.82, 2.24) is 9.13 Å². The van der Waals surface area contributed by atoms with E-state index in [9.17, 15) is 0 Å². The summed E-state index contributed by atoms with van der Waals surface area (Å²) in [6.07, 6.45) is 0. The minimum atomic E-state index is -0.00943. The van der Waals surface area contributed by atoms with Crippen molar-refractivity contribution in [3.05, 3.63) is 287 Å². The van der Waals surface area contributed by atoms with Crippen molar-refractivity contribution in [3.8, 4) is 78.1 Å². The quantitative estimate of drug-likeness (QED) is 0.143. The van der Waals surface area contributed by atoms with Gasteiger partial charge in [0.2, 0.25) is 0 Å². The molecule has 0 amide bonds. The monoisotopic (exact) mass is 1240 g/mol. The second kappa shape index (κ2) is 22.8. The van der Waals surface area contributed by atoms with E-state index in [0.29, 0.717) is 0 Å². The molecule has 0 saturated heterocycles. The molecule has 2 heteroatoms. The number of benzene rings is 13. The third kappa shape index (κ3) is 10.6. The zero-order chi connectivity index (χ0) is 67.1. The minimum Gasteiger partial charge on any atom is -0.309 e. The van der Waals surface area contributed by atoms with Crippen molar-refractivity contribution in [2.75, 3.05) is 0 Å². The van der Waals surface area contributed by atoms with Gasteiger partial charge < -0.3 is 9.13 Å². The average molecular weight is 1250 g/mol. The molecule has 0 radical (unpaired) electrons. The maximum Gasteiger partial charge on any atom is 0.0541 e. The highest BCUT2D eigenvalue weighted by atomic mass is 15.0. The highest BCUT2D eigenvalue weighted by Gasteiger charge is 2.27. The minimum absolute atomic E-state index is 0.00943. The van der Waals surface area contributed by atoms with Gasteiger partial charge in [0.1, 0.15) is 0 Å². The Morgan fingerprint density at radius 1 is 0.208 bits per heavy atom. The van der Waals surface area contributed by atoms with E-state index in [1.807, 2.05) is 0 Å². The summed E-state index contributed by atoms with van der Waals surface area (Å²) in [7, 11) is 0. The van der Waals surface area contributed by atoms with Crippen molar-refractivity contribution in [3.63, 3.8) is 0 Å². The smallest absolute Gasteiger partial charge is 0.0541 e. The molecule has 13 aromatic carbocycles. The normalized spacial score (nSPS) is 12.6. The van der Waals surface area contributed by atoms with Crippen LogP contribution in [-0.4, -0.2) is 9.13 Å². The Morgan fingerprint density at radius 2 is 0.479 bits per heavy atom. The third-order valence-corrected chi connectivity index (χ3v) is 20.9. The van der Waals surface area contributed by atoms with Crippen LogP contribution in [0.2, 0.25) is 0 Å². The SMILES string of the molecule is Cc1cccc(C)c1-c1ccc(-c2cc(-c3ccc(-n4c5ccc(C(C)(C)C)cc5c5cc(C(C)(C)C)ccc54)c4ccccc34)c(-c3ccc(-c4c(C)cccc4C)cc3)cc2-c2ccc(-n3c4ccc(C(C)(C)C)cc4c4cc(C(C)(C)C)ccc43)c3ccccc23)cc1. The van der Waals surface area contributed by atoms with Gasteiger partial charge in [-0.05, 0) is 244 Å². The van der Waals surface area contributed by atoms with Gasteiger partial charge in [0.15, 0.2) is 0 Å². The summed E-state index contributed by atoms with van der Waals surface area (Å²) >= 11 is 0. The number of nitrogens with zero attached hydrogens (tertiary/aromatic N) is 2. The Morgan fingerprint density at radius 3 is 0.760 bits per heavy atom. The molecule has 0 bridgehead atoms. The Kier molecular flexibility index (Phi) is 14.8. The van der Waals surface area contributed by atoms with Crippen LogP contribution in [0, 0.1) is 27.7 Å². The summed E-state index contributed by atoms with van der Waals surface area (Å²) in [5.41, 5.74) is 32.0. The molecule has 0 unspecified atom stereocenters. The molecule has 0 aliphatic carbocycles. The highest BCUT2D eigenvalue weighted by molar-refractivity contribution is 6.15. The van der Waals surface area contributed by atoms with Gasteiger partial charge in [-0.25, -0.2) is 0 Å². The Hall–Kier alpha value is -10.0. The molecule has 474 valence electrons. The van der Waals surface area contributed by atoms with E-state index >= 15 is 0 Å². The molecule has 0 saturated carbocycles. The third-order valence-electron chi connectivity index (χ3n) is 20.9. The van der Waals surface area contributed by atoms with Crippen molar-refractivity contribution >= 4 is 65.2 Å². The van der Waals surface area contributed by atoms with Gasteiger partial charge >= 0.3 is 0 Å². The van der Waals surface area contributed by atoms with Gasteiger partial charge in [-0.2, -0.15) is 0 Å². The van der Waals surface area contributed by atoms with Crippen LogP contribution in [0.4, 0.5) is 0 Å². The lowest BCUT2D eigenvalue weighted by Gasteiger charge is -2.22. The van der Waals surface area contributed by atoms with Gasteiger partial charge in [0.25, 0.3) is 0 Å². The molecule has 2 aromatic heterocycles. The standard InChI is InChI=1S/C94H88N2/c1-57-23-21-24-58(2)89(57)63-35-31-61(32-36-63)75-55-78(72-44-50-84(74-30-20-18-28-70(72)74)96-87-47-41-67(93(11,12)13)53-81(87)82-54-68(94(14,15)16)42-48-88(82)96)76(62-33-37-64(38-34-62)90-59(3)25-22-26-60(90)4)56-77(75)71-43-49-83(73-29-19-17-27-69(71)73)95-85-45-39-65(91(5,6)7)51-79(85)80-52-66(92(8,9)10)40-46-86(80)95/h17-56H,1-16H3. The van der Waals surface area contributed by atoms with E-state index in [4.69, 9.17) is 0 Å².